The van der Waals surface area contributed by atoms with E-state index in [4.69, 9.17) is 5.11 Å². The fourth-order valence-corrected chi connectivity index (χ4v) is 1.44. The largest absolute Gasteiger partial charge is 0.481 e. The van der Waals surface area contributed by atoms with Crippen LogP contribution in [-0.2, 0) is 11.2 Å². The van der Waals surface area contributed by atoms with E-state index < -0.39 is 5.97 Å². The number of nitrogens with zero attached hydrogens (tertiary/aromatic N) is 2. The number of aromatic nitrogens is 3. The minimum atomic E-state index is -0.776. The quantitative estimate of drug-likeness (QED) is 0.813. The smallest absolute Gasteiger partial charge is 0.303 e. The van der Waals surface area contributed by atoms with Crippen molar-refractivity contribution in [3.63, 3.8) is 0 Å². The molecule has 0 amide bonds. The number of benzene rings is 1. The number of aryl methyl sites for hydroxylation is 1. The van der Waals surface area contributed by atoms with Gasteiger partial charge in [-0.3, -0.25) is 9.89 Å². The monoisotopic (exact) mass is 217 g/mol. The zero-order chi connectivity index (χ0) is 11.4. The lowest BCUT2D eigenvalue weighted by molar-refractivity contribution is -0.136. The molecule has 5 heteroatoms. The molecule has 0 fully saturated rings. The van der Waals surface area contributed by atoms with Crippen LogP contribution in [0.1, 0.15) is 12.0 Å². The van der Waals surface area contributed by atoms with Crippen molar-refractivity contribution in [1.29, 1.82) is 0 Å². The summed E-state index contributed by atoms with van der Waals surface area (Å²) in [4.78, 5) is 10.4. The number of rotatable bonds is 4. The van der Waals surface area contributed by atoms with E-state index in [1.54, 1.807) is 6.20 Å². The molecule has 2 rings (SSSR count). The van der Waals surface area contributed by atoms with Crippen LogP contribution in [0.25, 0.3) is 11.3 Å². The van der Waals surface area contributed by atoms with Gasteiger partial charge in [-0.05, 0) is 12.0 Å². The van der Waals surface area contributed by atoms with Crippen molar-refractivity contribution in [3.05, 3.63) is 36.0 Å². The summed E-state index contributed by atoms with van der Waals surface area (Å²) in [7, 11) is 0. The number of hydrogen-bond donors (Lipinski definition) is 2. The topological polar surface area (TPSA) is 78.9 Å². The highest BCUT2D eigenvalue weighted by molar-refractivity contribution is 5.67. The summed E-state index contributed by atoms with van der Waals surface area (Å²) < 4.78 is 0. The Labute approximate surface area is 92.1 Å². The van der Waals surface area contributed by atoms with E-state index >= 15 is 0 Å². The molecule has 0 spiro atoms. The first kappa shape index (κ1) is 10.4. The third kappa shape index (κ3) is 2.44. The summed E-state index contributed by atoms with van der Waals surface area (Å²) in [5.74, 6) is -0.776. The van der Waals surface area contributed by atoms with E-state index in [0.717, 1.165) is 16.8 Å². The summed E-state index contributed by atoms with van der Waals surface area (Å²) >= 11 is 0. The predicted octanol–water partition coefficient (Wildman–Crippen LogP) is 1.49. The maximum atomic E-state index is 10.4. The molecule has 1 heterocycles. The maximum Gasteiger partial charge on any atom is 0.303 e. The molecule has 2 N–H and O–H groups in total. The summed E-state index contributed by atoms with van der Waals surface area (Å²) in [5.41, 5.74) is 2.85. The third-order valence-corrected chi connectivity index (χ3v) is 2.31. The molecule has 0 bridgehead atoms. The van der Waals surface area contributed by atoms with Crippen LogP contribution >= 0.6 is 0 Å². The van der Waals surface area contributed by atoms with Crippen molar-refractivity contribution < 1.29 is 9.90 Å². The molecule has 82 valence electrons. The average Bonchev–Trinajstić information content (AvgIpc) is 2.80. The fraction of sp³-hybridized carbons (Fsp3) is 0.182. The van der Waals surface area contributed by atoms with Gasteiger partial charge < -0.3 is 5.11 Å². The molecule has 0 saturated heterocycles. The molecule has 0 aliphatic rings. The number of hydrogen-bond acceptors (Lipinski definition) is 3. The van der Waals surface area contributed by atoms with Crippen LogP contribution in [0.15, 0.2) is 30.5 Å². The van der Waals surface area contributed by atoms with E-state index in [0.29, 0.717) is 6.42 Å². The second-order valence-corrected chi connectivity index (χ2v) is 3.46. The SMILES string of the molecule is O=C(O)CCc1ccc(-c2cnn[nH]2)cc1. The molecular formula is C11H11N3O2. The van der Waals surface area contributed by atoms with Gasteiger partial charge in [-0.1, -0.05) is 29.5 Å². The molecule has 1 aromatic heterocycles. The van der Waals surface area contributed by atoms with Gasteiger partial charge in [0.15, 0.2) is 0 Å². The van der Waals surface area contributed by atoms with E-state index in [-0.39, 0.29) is 6.42 Å². The Kier molecular flexibility index (Phi) is 2.95. The van der Waals surface area contributed by atoms with Gasteiger partial charge in [0, 0.05) is 12.0 Å². The number of aliphatic carboxylic acids is 1. The van der Waals surface area contributed by atoms with Gasteiger partial charge in [0.25, 0.3) is 0 Å². The predicted molar refractivity (Wildman–Crippen MR) is 57.8 cm³/mol. The number of nitrogens with one attached hydrogen (secondary N) is 1. The number of carbonyl (C=O) groups is 1. The maximum absolute atomic E-state index is 10.4. The zero-order valence-electron chi connectivity index (χ0n) is 8.55. The first-order chi connectivity index (χ1) is 7.75. The van der Waals surface area contributed by atoms with Crippen molar-refractivity contribution >= 4 is 5.97 Å². The van der Waals surface area contributed by atoms with Gasteiger partial charge in [-0.15, -0.1) is 5.10 Å². The van der Waals surface area contributed by atoms with Gasteiger partial charge >= 0.3 is 5.97 Å². The van der Waals surface area contributed by atoms with Crippen LogP contribution in [0.2, 0.25) is 0 Å². The summed E-state index contributed by atoms with van der Waals surface area (Å²) in [6, 6.07) is 7.68. The first-order valence-electron chi connectivity index (χ1n) is 4.93. The Bertz CT molecular complexity index is 462. The van der Waals surface area contributed by atoms with Crippen LogP contribution in [0.3, 0.4) is 0 Å². The molecule has 16 heavy (non-hydrogen) atoms. The molecule has 2 aromatic rings. The Hall–Kier alpha value is -2.17. The number of carboxylic acid groups (broad SMARTS) is 1. The van der Waals surface area contributed by atoms with Gasteiger partial charge in [-0.2, -0.15) is 0 Å². The van der Waals surface area contributed by atoms with Crippen molar-refractivity contribution in [3.8, 4) is 11.3 Å². The van der Waals surface area contributed by atoms with Crippen molar-refractivity contribution in [2.24, 2.45) is 0 Å². The van der Waals surface area contributed by atoms with Gasteiger partial charge in [0.05, 0.1) is 11.9 Å². The molecule has 0 unspecified atom stereocenters. The van der Waals surface area contributed by atoms with Crippen LogP contribution in [0, 0.1) is 0 Å². The molecule has 1 aromatic carbocycles. The minimum Gasteiger partial charge on any atom is -0.481 e. The van der Waals surface area contributed by atoms with E-state index in [1.807, 2.05) is 24.3 Å². The second-order valence-electron chi connectivity index (χ2n) is 3.46. The van der Waals surface area contributed by atoms with Crippen LogP contribution < -0.4 is 0 Å². The van der Waals surface area contributed by atoms with Crippen molar-refractivity contribution in [2.75, 3.05) is 0 Å². The minimum absolute atomic E-state index is 0.158. The highest BCUT2D eigenvalue weighted by atomic mass is 16.4. The molecule has 5 nitrogen and oxygen atoms in total. The first-order valence-corrected chi connectivity index (χ1v) is 4.93. The normalized spacial score (nSPS) is 10.2. The highest BCUT2D eigenvalue weighted by Crippen LogP contribution is 2.16. The average molecular weight is 217 g/mol. The van der Waals surface area contributed by atoms with E-state index in [2.05, 4.69) is 15.4 Å². The Morgan fingerprint density at radius 1 is 1.31 bits per heavy atom. The van der Waals surface area contributed by atoms with E-state index in [9.17, 15) is 4.79 Å². The second kappa shape index (κ2) is 4.57. The van der Waals surface area contributed by atoms with Crippen LogP contribution in [0.4, 0.5) is 0 Å². The Morgan fingerprint density at radius 2 is 2.06 bits per heavy atom. The zero-order valence-corrected chi connectivity index (χ0v) is 8.55. The third-order valence-electron chi connectivity index (χ3n) is 2.31. The number of aromatic amines is 1. The molecule has 0 saturated carbocycles. The van der Waals surface area contributed by atoms with Crippen molar-refractivity contribution in [2.45, 2.75) is 12.8 Å². The van der Waals surface area contributed by atoms with E-state index in [1.165, 1.54) is 0 Å². The molecule has 0 radical (unpaired) electrons. The Balaban J connectivity index is 2.08. The van der Waals surface area contributed by atoms with Gasteiger partial charge in [0.2, 0.25) is 0 Å². The van der Waals surface area contributed by atoms with Crippen LogP contribution in [0.5, 0.6) is 0 Å². The Morgan fingerprint density at radius 3 is 2.62 bits per heavy atom. The van der Waals surface area contributed by atoms with Crippen molar-refractivity contribution in [1.82, 2.24) is 15.4 Å². The molecule has 0 aliphatic carbocycles. The summed E-state index contributed by atoms with van der Waals surface area (Å²) in [6.45, 7) is 0. The highest BCUT2D eigenvalue weighted by Gasteiger charge is 2.01. The lowest BCUT2D eigenvalue weighted by Gasteiger charge is -2.00. The standard InChI is InChI=1S/C11H11N3O2/c15-11(16)6-3-8-1-4-9(5-2-8)10-7-12-14-13-10/h1-2,4-5,7H,3,6H2,(H,15,16)(H,12,13,14). The summed E-state index contributed by atoms with van der Waals surface area (Å²) in [6.07, 6.45) is 2.36. The molecule has 0 atom stereocenters. The lowest BCUT2D eigenvalue weighted by atomic mass is 10.1. The number of H-pyrrole nitrogens is 1. The fourth-order valence-electron chi connectivity index (χ4n) is 1.44. The molecule has 0 aliphatic heterocycles. The summed E-state index contributed by atoms with van der Waals surface area (Å²) in [5, 5.41) is 18.7. The molecular weight excluding hydrogens is 206 g/mol. The lowest BCUT2D eigenvalue weighted by Crippen LogP contribution is -1.97. The van der Waals surface area contributed by atoms with Crippen LogP contribution in [-0.4, -0.2) is 26.5 Å². The number of carboxylic acids is 1. The van der Waals surface area contributed by atoms with Gasteiger partial charge in [0.1, 0.15) is 0 Å². The van der Waals surface area contributed by atoms with Gasteiger partial charge in [-0.25, -0.2) is 0 Å².